The van der Waals surface area contributed by atoms with Gasteiger partial charge < -0.3 is 10.6 Å². The van der Waals surface area contributed by atoms with Gasteiger partial charge in [0.1, 0.15) is 0 Å². The Morgan fingerprint density at radius 3 is 1.14 bits per heavy atom. The molecule has 0 spiro atoms. The van der Waals surface area contributed by atoms with Gasteiger partial charge in [0.25, 0.3) is 0 Å². The van der Waals surface area contributed by atoms with E-state index in [1.165, 1.54) is 38.5 Å². The van der Waals surface area contributed by atoms with Crippen molar-refractivity contribution in [1.82, 2.24) is 10.6 Å². The molecule has 0 unspecified atom stereocenters. The van der Waals surface area contributed by atoms with E-state index in [2.05, 4.69) is 10.6 Å². The number of amides is 2. The highest BCUT2D eigenvalue weighted by molar-refractivity contribution is 6.35. The van der Waals surface area contributed by atoms with Crippen LogP contribution >= 0.6 is 0 Å². The zero-order chi connectivity index (χ0) is 10.2. The SMILES string of the molecule is C1CCCCC1.O=C1NCCNC1=O. The lowest BCUT2D eigenvalue weighted by Crippen LogP contribution is -2.49. The Bertz CT molecular complexity index is 173. The van der Waals surface area contributed by atoms with Crippen LogP contribution in [0.2, 0.25) is 0 Å². The molecule has 4 nitrogen and oxygen atoms in total. The van der Waals surface area contributed by atoms with Crippen molar-refractivity contribution in [2.24, 2.45) is 0 Å². The largest absolute Gasteiger partial charge is 0.346 e. The molecule has 2 N–H and O–H groups in total. The fourth-order valence-corrected chi connectivity index (χ4v) is 1.57. The molecule has 80 valence electrons. The standard InChI is InChI=1S/C6H12.C4H6N2O2/c1-2-4-6-5-3-1;7-3-4(8)6-2-1-5-3/h1-6H2;1-2H2,(H,5,7)(H,6,8). The number of carbonyl (C=O) groups excluding carboxylic acids is 2. The number of rotatable bonds is 0. The Kier molecular flexibility index (Phi) is 5.04. The van der Waals surface area contributed by atoms with Gasteiger partial charge in [0.2, 0.25) is 0 Å². The topological polar surface area (TPSA) is 58.2 Å². The lowest BCUT2D eigenvalue weighted by atomic mass is 10.0. The predicted octanol–water partition coefficient (Wildman–Crippen LogP) is 0.573. The van der Waals surface area contributed by atoms with Crippen molar-refractivity contribution in [2.45, 2.75) is 38.5 Å². The second-order valence-electron chi connectivity index (χ2n) is 3.63. The molecule has 14 heavy (non-hydrogen) atoms. The highest BCUT2D eigenvalue weighted by atomic mass is 16.2. The van der Waals surface area contributed by atoms with Crippen LogP contribution in [0.15, 0.2) is 0 Å². The molecule has 4 heteroatoms. The van der Waals surface area contributed by atoms with Crippen LogP contribution in [0, 0.1) is 0 Å². The first kappa shape index (κ1) is 11.0. The van der Waals surface area contributed by atoms with E-state index in [1.54, 1.807) is 0 Å². The van der Waals surface area contributed by atoms with Crippen molar-refractivity contribution in [3.8, 4) is 0 Å². The molecule has 1 heterocycles. The molecule has 1 aliphatic heterocycles. The fourth-order valence-electron chi connectivity index (χ4n) is 1.57. The van der Waals surface area contributed by atoms with E-state index in [0.717, 1.165) is 0 Å². The summed E-state index contributed by atoms with van der Waals surface area (Å²) >= 11 is 0. The zero-order valence-corrected chi connectivity index (χ0v) is 8.47. The first-order valence-corrected chi connectivity index (χ1v) is 5.37. The highest BCUT2D eigenvalue weighted by Gasteiger charge is 2.15. The van der Waals surface area contributed by atoms with E-state index in [9.17, 15) is 9.59 Å². The Morgan fingerprint density at radius 1 is 0.643 bits per heavy atom. The minimum Gasteiger partial charge on any atom is -0.346 e. The number of piperazine rings is 1. The van der Waals surface area contributed by atoms with Crippen LogP contribution in [-0.2, 0) is 9.59 Å². The van der Waals surface area contributed by atoms with Crippen LogP contribution in [0.1, 0.15) is 38.5 Å². The molecule has 1 aliphatic carbocycles. The zero-order valence-electron chi connectivity index (χ0n) is 8.47. The summed E-state index contributed by atoms with van der Waals surface area (Å²) < 4.78 is 0. The summed E-state index contributed by atoms with van der Waals surface area (Å²) in [6.07, 6.45) is 9.00. The van der Waals surface area contributed by atoms with Crippen molar-refractivity contribution < 1.29 is 9.59 Å². The van der Waals surface area contributed by atoms with Crippen molar-refractivity contribution in [1.29, 1.82) is 0 Å². The molecule has 1 saturated carbocycles. The number of hydrogen-bond acceptors (Lipinski definition) is 2. The molecule has 0 radical (unpaired) electrons. The van der Waals surface area contributed by atoms with Crippen molar-refractivity contribution in [3.05, 3.63) is 0 Å². The lowest BCUT2D eigenvalue weighted by molar-refractivity contribution is -0.140. The van der Waals surface area contributed by atoms with Gasteiger partial charge in [-0.1, -0.05) is 38.5 Å². The summed E-state index contributed by atoms with van der Waals surface area (Å²) in [5, 5.41) is 4.76. The normalized spacial score (nSPS) is 21.4. The summed E-state index contributed by atoms with van der Waals surface area (Å²) in [5.41, 5.74) is 0. The number of nitrogens with one attached hydrogen (secondary N) is 2. The van der Waals surface area contributed by atoms with Crippen LogP contribution in [0.4, 0.5) is 0 Å². The molecule has 2 amide bonds. The highest BCUT2D eigenvalue weighted by Crippen LogP contribution is 2.15. The van der Waals surface area contributed by atoms with Crippen molar-refractivity contribution in [2.75, 3.05) is 13.1 Å². The van der Waals surface area contributed by atoms with E-state index in [-0.39, 0.29) is 0 Å². The van der Waals surface area contributed by atoms with Gasteiger partial charge in [-0.3, -0.25) is 9.59 Å². The molecule has 0 aromatic rings. The molecule has 0 aromatic carbocycles. The third-order valence-corrected chi connectivity index (χ3v) is 2.40. The van der Waals surface area contributed by atoms with Crippen LogP contribution in [0.5, 0.6) is 0 Å². The van der Waals surface area contributed by atoms with Gasteiger partial charge >= 0.3 is 11.8 Å². The maximum atomic E-state index is 10.3. The Morgan fingerprint density at radius 2 is 0.929 bits per heavy atom. The Balaban J connectivity index is 0.000000146. The van der Waals surface area contributed by atoms with Gasteiger partial charge in [0.15, 0.2) is 0 Å². The first-order chi connectivity index (χ1) is 6.80. The van der Waals surface area contributed by atoms with Gasteiger partial charge in [-0.25, -0.2) is 0 Å². The second kappa shape index (κ2) is 6.40. The molecular weight excluding hydrogens is 180 g/mol. The van der Waals surface area contributed by atoms with E-state index in [0.29, 0.717) is 13.1 Å². The monoisotopic (exact) mass is 198 g/mol. The van der Waals surface area contributed by atoms with Gasteiger partial charge in [0.05, 0.1) is 0 Å². The minimum absolute atomic E-state index is 0.531. The summed E-state index contributed by atoms with van der Waals surface area (Å²) in [6, 6.07) is 0. The molecule has 1 saturated heterocycles. The molecule has 0 aromatic heterocycles. The van der Waals surface area contributed by atoms with E-state index in [4.69, 9.17) is 0 Å². The second-order valence-corrected chi connectivity index (χ2v) is 3.63. The van der Waals surface area contributed by atoms with E-state index in [1.807, 2.05) is 0 Å². The Hall–Kier alpha value is -1.06. The third-order valence-electron chi connectivity index (χ3n) is 2.40. The lowest BCUT2D eigenvalue weighted by Gasteiger charge is -2.10. The minimum atomic E-state index is -0.531. The fraction of sp³-hybridized carbons (Fsp3) is 0.800. The first-order valence-electron chi connectivity index (χ1n) is 5.37. The summed E-state index contributed by atoms with van der Waals surface area (Å²) in [6.45, 7) is 1.09. The Labute approximate surface area is 84.4 Å². The van der Waals surface area contributed by atoms with E-state index < -0.39 is 11.8 Å². The molecule has 2 aliphatic rings. The number of carbonyl (C=O) groups is 2. The predicted molar refractivity (Wildman–Crippen MR) is 53.7 cm³/mol. The van der Waals surface area contributed by atoms with Gasteiger partial charge in [-0.15, -0.1) is 0 Å². The summed E-state index contributed by atoms with van der Waals surface area (Å²) in [7, 11) is 0. The average Bonchev–Trinajstić information content (AvgIpc) is 2.26. The van der Waals surface area contributed by atoms with E-state index >= 15 is 0 Å². The van der Waals surface area contributed by atoms with Crippen molar-refractivity contribution in [3.63, 3.8) is 0 Å². The summed E-state index contributed by atoms with van der Waals surface area (Å²) in [5.74, 6) is -1.06. The third kappa shape index (κ3) is 4.25. The van der Waals surface area contributed by atoms with Crippen molar-refractivity contribution >= 4 is 11.8 Å². The quantitative estimate of drug-likeness (QED) is 0.559. The molecule has 2 fully saturated rings. The van der Waals surface area contributed by atoms with Crippen LogP contribution < -0.4 is 10.6 Å². The maximum Gasteiger partial charge on any atom is 0.309 e. The van der Waals surface area contributed by atoms with Crippen LogP contribution in [0.3, 0.4) is 0 Å². The van der Waals surface area contributed by atoms with Crippen LogP contribution in [0.25, 0.3) is 0 Å². The van der Waals surface area contributed by atoms with Gasteiger partial charge in [0, 0.05) is 13.1 Å². The molecule has 2 rings (SSSR count). The average molecular weight is 198 g/mol. The smallest absolute Gasteiger partial charge is 0.309 e. The molecule has 0 bridgehead atoms. The molecule has 0 atom stereocenters. The van der Waals surface area contributed by atoms with Gasteiger partial charge in [-0.05, 0) is 0 Å². The molecular formula is C10H18N2O2. The maximum absolute atomic E-state index is 10.3. The van der Waals surface area contributed by atoms with Crippen LogP contribution in [-0.4, -0.2) is 24.9 Å². The number of hydrogen-bond donors (Lipinski definition) is 2. The summed E-state index contributed by atoms with van der Waals surface area (Å²) in [4.78, 5) is 20.5. The van der Waals surface area contributed by atoms with Gasteiger partial charge in [-0.2, -0.15) is 0 Å².